The van der Waals surface area contributed by atoms with Gasteiger partial charge < -0.3 is 15.8 Å². The minimum atomic E-state index is 0.0505. The molecular formula is C10H22N2O2. The molecule has 14 heavy (non-hydrogen) atoms. The van der Waals surface area contributed by atoms with E-state index >= 15 is 0 Å². The van der Waals surface area contributed by atoms with Gasteiger partial charge in [0.2, 0.25) is 5.91 Å². The molecule has 0 aromatic carbocycles. The summed E-state index contributed by atoms with van der Waals surface area (Å²) in [6.07, 6.45) is 0.576. The first-order valence-corrected chi connectivity index (χ1v) is 5.18. The van der Waals surface area contributed by atoms with Crippen molar-refractivity contribution < 1.29 is 9.53 Å². The molecule has 1 amide bonds. The fourth-order valence-corrected chi connectivity index (χ4v) is 1.07. The molecule has 0 aromatic heterocycles. The van der Waals surface area contributed by atoms with Gasteiger partial charge in [-0.2, -0.15) is 0 Å². The molecule has 3 N–H and O–H groups in total. The number of carbonyl (C=O) groups is 1. The summed E-state index contributed by atoms with van der Waals surface area (Å²) in [6, 6.07) is 0. The zero-order chi connectivity index (χ0) is 11.0. The van der Waals surface area contributed by atoms with Gasteiger partial charge in [0, 0.05) is 19.6 Å². The molecule has 0 aliphatic heterocycles. The van der Waals surface area contributed by atoms with Crippen LogP contribution in [0.15, 0.2) is 0 Å². The third kappa shape index (κ3) is 6.86. The van der Waals surface area contributed by atoms with Crippen LogP contribution in [0.2, 0.25) is 0 Å². The fraction of sp³-hybridized carbons (Fsp3) is 0.900. The van der Waals surface area contributed by atoms with Crippen LogP contribution in [-0.2, 0) is 9.53 Å². The quantitative estimate of drug-likeness (QED) is 0.632. The van der Waals surface area contributed by atoms with Crippen LogP contribution < -0.4 is 11.1 Å². The molecule has 0 aliphatic rings. The summed E-state index contributed by atoms with van der Waals surface area (Å²) < 4.78 is 5.28. The molecular weight excluding hydrogens is 180 g/mol. The van der Waals surface area contributed by atoms with Gasteiger partial charge in [0.15, 0.2) is 0 Å². The second kappa shape index (κ2) is 7.76. The monoisotopic (exact) mass is 202 g/mol. The van der Waals surface area contributed by atoms with Crippen LogP contribution >= 0.6 is 0 Å². The lowest BCUT2D eigenvalue weighted by atomic mass is 10.1. The summed E-state index contributed by atoms with van der Waals surface area (Å²) >= 11 is 0. The molecule has 0 rings (SSSR count). The highest BCUT2D eigenvalue weighted by Gasteiger charge is 2.08. The maximum atomic E-state index is 11.3. The van der Waals surface area contributed by atoms with Crippen LogP contribution in [0.5, 0.6) is 0 Å². The van der Waals surface area contributed by atoms with Gasteiger partial charge in [0.25, 0.3) is 0 Å². The van der Waals surface area contributed by atoms with E-state index in [4.69, 9.17) is 10.5 Å². The third-order valence-corrected chi connectivity index (χ3v) is 1.97. The number of nitrogens with one attached hydrogen (secondary N) is 1. The number of amides is 1. The summed E-state index contributed by atoms with van der Waals surface area (Å²) in [6.45, 7) is 7.64. The van der Waals surface area contributed by atoms with Crippen molar-refractivity contribution in [3.63, 3.8) is 0 Å². The predicted octanol–water partition coefficient (Wildman–Crippen LogP) is 0.513. The van der Waals surface area contributed by atoms with Gasteiger partial charge in [0.1, 0.15) is 0 Å². The van der Waals surface area contributed by atoms with Gasteiger partial charge in [0.05, 0.1) is 6.10 Å². The minimum absolute atomic E-state index is 0.0505. The van der Waals surface area contributed by atoms with Gasteiger partial charge in [-0.3, -0.25) is 4.79 Å². The van der Waals surface area contributed by atoms with E-state index in [1.165, 1.54) is 0 Å². The smallest absolute Gasteiger partial charge is 0.220 e. The highest BCUT2D eigenvalue weighted by atomic mass is 16.5. The molecule has 0 bridgehead atoms. The van der Waals surface area contributed by atoms with E-state index in [0.29, 0.717) is 26.1 Å². The van der Waals surface area contributed by atoms with Crippen molar-refractivity contribution in [1.29, 1.82) is 0 Å². The predicted molar refractivity (Wildman–Crippen MR) is 56.9 cm³/mol. The summed E-state index contributed by atoms with van der Waals surface area (Å²) in [5, 5.41) is 2.81. The molecule has 2 atom stereocenters. The zero-order valence-electron chi connectivity index (χ0n) is 9.38. The van der Waals surface area contributed by atoms with Crippen molar-refractivity contribution in [2.75, 3.05) is 19.7 Å². The van der Waals surface area contributed by atoms with Crippen LogP contribution in [0.3, 0.4) is 0 Å². The normalized spacial score (nSPS) is 14.9. The van der Waals surface area contributed by atoms with E-state index in [9.17, 15) is 4.79 Å². The van der Waals surface area contributed by atoms with Gasteiger partial charge >= 0.3 is 0 Å². The number of carbonyl (C=O) groups excluding carboxylic acids is 1. The molecule has 84 valence electrons. The van der Waals surface area contributed by atoms with Crippen molar-refractivity contribution in [2.45, 2.75) is 33.3 Å². The van der Waals surface area contributed by atoms with E-state index < -0.39 is 0 Å². The average Bonchev–Trinajstić information content (AvgIpc) is 2.15. The van der Waals surface area contributed by atoms with Crippen molar-refractivity contribution in [3.8, 4) is 0 Å². The molecule has 4 nitrogen and oxygen atoms in total. The fourth-order valence-electron chi connectivity index (χ4n) is 1.07. The van der Waals surface area contributed by atoms with E-state index in [1.807, 2.05) is 20.8 Å². The second-order valence-corrected chi connectivity index (χ2v) is 3.62. The molecule has 2 unspecified atom stereocenters. The first-order chi connectivity index (χ1) is 6.60. The highest BCUT2D eigenvalue weighted by Crippen LogP contribution is 1.98. The number of hydrogen-bond acceptors (Lipinski definition) is 3. The van der Waals surface area contributed by atoms with E-state index in [2.05, 4.69) is 5.32 Å². The topological polar surface area (TPSA) is 64.3 Å². The van der Waals surface area contributed by atoms with Crippen LogP contribution in [-0.4, -0.2) is 31.7 Å². The summed E-state index contributed by atoms with van der Waals surface area (Å²) in [7, 11) is 0. The first kappa shape index (κ1) is 13.4. The molecule has 0 saturated carbocycles. The van der Waals surface area contributed by atoms with Crippen molar-refractivity contribution in [3.05, 3.63) is 0 Å². The second-order valence-electron chi connectivity index (χ2n) is 3.62. The van der Waals surface area contributed by atoms with E-state index in [0.717, 1.165) is 0 Å². The van der Waals surface area contributed by atoms with Crippen molar-refractivity contribution in [2.24, 2.45) is 11.7 Å². The van der Waals surface area contributed by atoms with Gasteiger partial charge in [-0.05, 0) is 26.3 Å². The Kier molecular flexibility index (Phi) is 7.42. The Morgan fingerprint density at radius 1 is 1.50 bits per heavy atom. The molecule has 0 radical (unpaired) electrons. The average molecular weight is 202 g/mol. The SMILES string of the molecule is CCOC(C)CNC(=O)CC(C)CN. The number of nitrogens with two attached hydrogens (primary N) is 1. The van der Waals surface area contributed by atoms with Crippen LogP contribution in [0.4, 0.5) is 0 Å². The van der Waals surface area contributed by atoms with Crippen LogP contribution in [0.25, 0.3) is 0 Å². The molecule has 0 aromatic rings. The Bertz CT molecular complexity index is 162. The number of ether oxygens (including phenoxy) is 1. The summed E-state index contributed by atoms with van der Waals surface area (Å²) in [5.74, 6) is 0.298. The van der Waals surface area contributed by atoms with E-state index in [-0.39, 0.29) is 17.9 Å². The van der Waals surface area contributed by atoms with Gasteiger partial charge in [-0.25, -0.2) is 0 Å². The molecule has 4 heteroatoms. The minimum Gasteiger partial charge on any atom is -0.377 e. The Labute approximate surface area is 86.2 Å². The zero-order valence-corrected chi connectivity index (χ0v) is 9.38. The maximum absolute atomic E-state index is 11.3. The Balaban J connectivity index is 3.53. The molecule has 0 aliphatic carbocycles. The number of rotatable bonds is 7. The molecule has 0 spiro atoms. The van der Waals surface area contributed by atoms with Crippen LogP contribution in [0, 0.1) is 5.92 Å². The Morgan fingerprint density at radius 2 is 2.14 bits per heavy atom. The first-order valence-electron chi connectivity index (χ1n) is 5.18. The number of hydrogen-bond donors (Lipinski definition) is 2. The van der Waals surface area contributed by atoms with Gasteiger partial charge in [-0.15, -0.1) is 0 Å². The Morgan fingerprint density at radius 3 is 2.64 bits per heavy atom. The third-order valence-electron chi connectivity index (χ3n) is 1.97. The molecule has 0 saturated heterocycles. The van der Waals surface area contributed by atoms with Gasteiger partial charge in [-0.1, -0.05) is 6.92 Å². The summed E-state index contributed by atoms with van der Waals surface area (Å²) in [4.78, 5) is 11.3. The lowest BCUT2D eigenvalue weighted by Gasteiger charge is -2.13. The lowest BCUT2D eigenvalue weighted by molar-refractivity contribution is -0.122. The molecule has 0 fully saturated rings. The maximum Gasteiger partial charge on any atom is 0.220 e. The lowest BCUT2D eigenvalue weighted by Crippen LogP contribution is -2.33. The van der Waals surface area contributed by atoms with Crippen molar-refractivity contribution >= 4 is 5.91 Å². The summed E-state index contributed by atoms with van der Waals surface area (Å²) in [5.41, 5.74) is 5.42. The van der Waals surface area contributed by atoms with Crippen LogP contribution in [0.1, 0.15) is 27.2 Å². The molecule has 0 heterocycles. The van der Waals surface area contributed by atoms with E-state index in [1.54, 1.807) is 0 Å². The Hall–Kier alpha value is -0.610. The van der Waals surface area contributed by atoms with Crippen molar-refractivity contribution in [1.82, 2.24) is 5.32 Å². The standard InChI is InChI=1S/C10H22N2O2/c1-4-14-9(3)7-12-10(13)5-8(2)6-11/h8-9H,4-7,11H2,1-3H3,(H,12,13). The largest absolute Gasteiger partial charge is 0.377 e. The highest BCUT2D eigenvalue weighted by molar-refractivity contribution is 5.76.